The molecule has 0 saturated carbocycles. The van der Waals surface area contributed by atoms with Crippen molar-refractivity contribution in [2.45, 2.75) is 50.8 Å². The van der Waals surface area contributed by atoms with Crippen LogP contribution >= 0.6 is 0 Å². The Morgan fingerprint density at radius 1 is 0.800 bits per heavy atom. The van der Waals surface area contributed by atoms with Gasteiger partial charge in [0.15, 0.2) is 12.3 Å². The molecule has 2 rings (SSSR count). The van der Waals surface area contributed by atoms with E-state index >= 15 is 0 Å². The van der Waals surface area contributed by atoms with Gasteiger partial charge in [-0.05, 0) is 49.7 Å². The predicted octanol–water partition coefficient (Wildman–Crippen LogP) is 4.06. The molecule has 5 nitrogen and oxygen atoms in total. The predicted molar refractivity (Wildman–Crippen MR) is 114 cm³/mol. The average molecular weight is 419 g/mol. The molecular weight excluding hydrogens is 387 g/mol. The number of hydrogen-bond acceptors (Lipinski definition) is 5. The first-order valence-corrected chi connectivity index (χ1v) is 10.0. The third-order valence-electron chi connectivity index (χ3n) is 4.48. The standard InChI is InChI=1S/C12H15FO2.C12H16O3/c2*1-15-12(14)11(13)9-5-8-10-6-3-2-4-7-10/h2-4,6-7,11H,5,8-9H2,1H3;2-4,6-7,11,13H,5,8-9H2,1H3. The molecule has 0 heterocycles. The summed E-state index contributed by atoms with van der Waals surface area (Å²) in [7, 11) is 2.48. The van der Waals surface area contributed by atoms with Gasteiger partial charge in [0.25, 0.3) is 0 Å². The Morgan fingerprint density at radius 3 is 1.67 bits per heavy atom. The van der Waals surface area contributed by atoms with E-state index < -0.39 is 24.2 Å². The van der Waals surface area contributed by atoms with E-state index in [1.165, 1.54) is 19.8 Å². The maximum Gasteiger partial charge on any atom is 0.340 e. The molecule has 0 spiro atoms. The van der Waals surface area contributed by atoms with E-state index in [4.69, 9.17) is 0 Å². The second-order valence-electron chi connectivity index (χ2n) is 6.79. The number of aliphatic hydroxyl groups is 1. The largest absolute Gasteiger partial charge is 0.467 e. The van der Waals surface area contributed by atoms with Gasteiger partial charge in [-0.3, -0.25) is 0 Å². The molecule has 0 aromatic heterocycles. The number of hydrogen-bond donors (Lipinski definition) is 1. The quantitative estimate of drug-likeness (QED) is 0.589. The van der Waals surface area contributed by atoms with E-state index in [2.05, 4.69) is 9.47 Å². The Labute approximate surface area is 177 Å². The molecule has 0 aliphatic carbocycles. The summed E-state index contributed by atoms with van der Waals surface area (Å²) in [6.07, 6.45) is 1.29. The van der Waals surface area contributed by atoms with Gasteiger partial charge in [0.1, 0.15) is 0 Å². The minimum Gasteiger partial charge on any atom is -0.467 e. The summed E-state index contributed by atoms with van der Waals surface area (Å²) < 4.78 is 21.8. The topological polar surface area (TPSA) is 72.8 Å². The summed E-state index contributed by atoms with van der Waals surface area (Å²) >= 11 is 0. The van der Waals surface area contributed by atoms with Gasteiger partial charge in [-0.25, -0.2) is 14.0 Å². The second kappa shape index (κ2) is 15.2. The molecule has 2 aromatic carbocycles. The first-order chi connectivity index (χ1) is 14.5. The first-order valence-electron chi connectivity index (χ1n) is 10.0. The number of esters is 2. The van der Waals surface area contributed by atoms with Gasteiger partial charge in [0.2, 0.25) is 0 Å². The molecule has 0 saturated heterocycles. The Morgan fingerprint density at radius 2 is 1.23 bits per heavy atom. The van der Waals surface area contributed by atoms with Crippen LogP contribution in [0.4, 0.5) is 4.39 Å². The molecule has 30 heavy (non-hydrogen) atoms. The number of aryl methyl sites for hydroxylation is 2. The van der Waals surface area contributed by atoms with Crippen LogP contribution in [0.5, 0.6) is 0 Å². The maximum atomic E-state index is 13.0. The number of benzene rings is 2. The highest BCUT2D eigenvalue weighted by molar-refractivity contribution is 5.74. The zero-order chi connectivity index (χ0) is 22.2. The Hall–Kier alpha value is -2.73. The van der Waals surface area contributed by atoms with Gasteiger partial charge >= 0.3 is 11.9 Å². The van der Waals surface area contributed by atoms with E-state index in [0.29, 0.717) is 12.8 Å². The number of halogens is 1. The molecule has 0 aliphatic heterocycles. The zero-order valence-corrected chi connectivity index (χ0v) is 17.6. The molecule has 164 valence electrons. The fourth-order valence-electron chi connectivity index (χ4n) is 2.77. The van der Waals surface area contributed by atoms with E-state index in [-0.39, 0.29) is 6.42 Å². The van der Waals surface area contributed by atoms with Crippen LogP contribution in [0.2, 0.25) is 0 Å². The molecule has 0 bridgehead atoms. The van der Waals surface area contributed by atoms with E-state index in [0.717, 1.165) is 24.8 Å². The first kappa shape index (κ1) is 25.3. The van der Waals surface area contributed by atoms with Crippen LogP contribution in [0, 0.1) is 0 Å². The molecule has 6 heteroatoms. The number of methoxy groups -OCH3 is 2. The number of carbonyl (C=O) groups is 2. The normalized spacial score (nSPS) is 12.1. The van der Waals surface area contributed by atoms with Gasteiger partial charge in [-0.1, -0.05) is 60.7 Å². The van der Waals surface area contributed by atoms with Gasteiger partial charge in [-0.15, -0.1) is 0 Å². The van der Waals surface area contributed by atoms with E-state index in [1.54, 1.807) is 0 Å². The molecule has 0 aliphatic rings. The highest BCUT2D eigenvalue weighted by Crippen LogP contribution is 2.09. The van der Waals surface area contributed by atoms with Gasteiger partial charge < -0.3 is 14.6 Å². The van der Waals surface area contributed by atoms with Crippen molar-refractivity contribution in [3.8, 4) is 0 Å². The lowest BCUT2D eigenvalue weighted by Gasteiger charge is -2.07. The number of rotatable bonds is 10. The Bertz CT molecular complexity index is 657. The number of ether oxygens (including phenoxy) is 2. The van der Waals surface area contributed by atoms with Crippen molar-refractivity contribution in [1.82, 2.24) is 0 Å². The minimum absolute atomic E-state index is 0.224. The average Bonchev–Trinajstić information content (AvgIpc) is 2.79. The van der Waals surface area contributed by atoms with Crippen LogP contribution in [-0.2, 0) is 31.9 Å². The summed E-state index contributed by atoms with van der Waals surface area (Å²) in [5, 5.41) is 9.32. The molecule has 2 unspecified atom stereocenters. The van der Waals surface area contributed by atoms with Crippen LogP contribution in [0.1, 0.15) is 36.8 Å². The number of carbonyl (C=O) groups excluding carboxylic acids is 2. The molecule has 2 atom stereocenters. The van der Waals surface area contributed by atoms with Crippen LogP contribution in [0.3, 0.4) is 0 Å². The molecular formula is C24H31FO5. The molecule has 2 aromatic rings. The maximum absolute atomic E-state index is 13.0. The lowest BCUT2D eigenvalue weighted by atomic mass is 10.1. The van der Waals surface area contributed by atoms with Crippen molar-refractivity contribution in [2.75, 3.05) is 14.2 Å². The lowest BCUT2D eigenvalue weighted by Crippen LogP contribution is -2.21. The zero-order valence-electron chi connectivity index (χ0n) is 17.6. The molecule has 0 radical (unpaired) electrons. The van der Waals surface area contributed by atoms with Crippen LogP contribution < -0.4 is 0 Å². The van der Waals surface area contributed by atoms with E-state index in [1.807, 2.05) is 60.7 Å². The van der Waals surface area contributed by atoms with Gasteiger partial charge in [0.05, 0.1) is 14.2 Å². The van der Waals surface area contributed by atoms with Crippen molar-refractivity contribution in [1.29, 1.82) is 0 Å². The Balaban J connectivity index is 0.000000300. The summed E-state index contributed by atoms with van der Waals surface area (Å²) in [5.41, 5.74) is 2.38. The van der Waals surface area contributed by atoms with Gasteiger partial charge in [-0.2, -0.15) is 0 Å². The smallest absolute Gasteiger partial charge is 0.340 e. The van der Waals surface area contributed by atoms with Crippen molar-refractivity contribution in [3.05, 3.63) is 71.8 Å². The second-order valence-corrected chi connectivity index (χ2v) is 6.79. The van der Waals surface area contributed by atoms with Crippen LogP contribution in [0.15, 0.2) is 60.7 Å². The Kier molecular flexibility index (Phi) is 12.8. The summed E-state index contributed by atoms with van der Waals surface area (Å²) in [5.74, 6) is -1.33. The van der Waals surface area contributed by atoms with E-state index in [9.17, 15) is 19.1 Å². The highest BCUT2D eigenvalue weighted by atomic mass is 19.1. The lowest BCUT2D eigenvalue weighted by molar-refractivity contribution is -0.150. The van der Waals surface area contributed by atoms with Gasteiger partial charge in [0, 0.05) is 0 Å². The van der Waals surface area contributed by atoms with Crippen molar-refractivity contribution < 1.29 is 28.6 Å². The third kappa shape index (κ3) is 10.7. The summed E-state index contributed by atoms with van der Waals surface area (Å²) in [4.78, 5) is 21.6. The fraction of sp³-hybridized carbons (Fsp3) is 0.417. The SMILES string of the molecule is COC(=O)C(F)CCCc1ccccc1.COC(=O)C(O)CCCc1ccccc1. The van der Waals surface area contributed by atoms with Crippen molar-refractivity contribution >= 4 is 11.9 Å². The molecule has 0 fully saturated rings. The van der Waals surface area contributed by atoms with Crippen molar-refractivity contribution in [2.24, 2.45) is 0 Å². The highest BCUT2D eigenvalue weighted by Gasteiger charge is 2.16. The summed E-state index contributed by atoms with van der Waals surface area (Å²) in [6, 6.07) is 19.8. The minimum atomic E-state index is -1.49. The fourth-order valence-corrected chi connectivity index (χ4v) is 2.77. The van der Waals surface area contributed by atoms with Crippen molar-refractivity contribution in [3.63, 3.8) is 0 Å². The van der Waals surface area contributed by atoms with Crippen LogP contribution in [-0.4, -0.2) is 43.5 Å². The third-order valence-corrected chi connectivity index (χ3v) is 4.48. The summed E-state index contributed by atoms with van der Waals surface area (Å²) in [6.45, 7) is 0. The molecule has 1 N–H and O–H groups in total. The molecule has 0 amide bonds. The number of aliphatic hydroxyl groups excluding tert-OH is 1. The number of alkyl halides is 1. The van der Waals surface area contributed by atoms with Crippen LogP contribution in [0.25, 0.3) is 0 Å². The monoisotopic (exact) mass is 418 g/mol.